The molecule has 0 spiro atoms. The fourth-order valence-electron chi connectivity index (χ4n) is 3.13. The number of nitrogens with one attached hydrogen (secondary N) is 1. The van der Waals surface area contributed by atoms with Gasteiger partial charge in [0.25, 0.3) is 0 Å². The molecule has 7 heteroatoms. The van der Waals surface area contributed by atoms with Crippen molar-refractivity contribution in [2.24, 2.45) is 5.92 Å². The Kier molecular flexibility index (Phi) is 5.15. The quantitative estimate of drug-likeness (QED) is 0.886. The Labute approximate surface area is 150 Å². The normalized spacial score (nSPS) is 17.8. The highest BCUT2D eigenvalue weighted by Gasteiger charge is 2.37. The van der Waals surface area contributed by atoms with Crippen molar-refractivity contribution < 1.29 is 18.0 Å². The van der Waals surface area contributed by atoms with E-state index in [1.807, 2.05) is 31.2 Å². The number of carbonyl (C=O) groups excluding carboxylic acids is 1. The predicted molar refractivity (Wildman–Crippen MR) is 94.0 cm³/mol. The summed E-state index contributed by atoms with van der Waals surface area (Å²) in [4.78, 5) is 18.0. The molecule has 0 aliphatic carbocycles. The molecule has 0 saturated carbocycles. The van der Waals surface area contributed by atoms with Gasteiger partial charge in [-0.3, -0.25) is 4.79 Å². The number of anilines is 2. The second-order valence-electron chi connectivity index (χ2n) is 6.51. The highest BCUT2D eigenvalue weighted by Crippen LogP contribution is 2.36. The molecule has 1 fully saturated rings. The fraction of sp³-hybridized carbons (Fsp3) is 0.368. The molecule has 1 amide bonds. The third-order valence-corrected chi connectivity index (χ3v) is 4.50. The van der Waals surface area contributed by atoms with Crippen LogP contribution in [0.25, 0.3) is 0 Å². The van der Waals surface area contributed by atoms with Gasteiger partial charge in [0.1, 0.15) is 5.82 Å². The number of aromatic nitrogens is 1. The smallest absolute Gasteiger partial charge is 0.355 e. The van der Waals surface area contributed by atoms with Gasteiger partial charge in [0.2, 0.25) is 5.91 Å². The van der Waals surface area contributed by atoms with Gasteiger partial charge in [-0.05, 0) is 44.0 Å². The zero-order chi connectivity index (χ0) is 18.7. The van der Waals surface area contributed by atoms with Gasteiger partial charge in [-0.1, -0.05) is 17.7 Å². The summed E-state index contributed by atoms with van der Waals surface area (Å²) in [7, 11) is 0. The zero-order valence-electron chi connectivity index (χ0n) is 14.4. The lowest BCUT2D eigenvalue weighted by atomic mass is 9.96. The molecule has 2 aromatic rings. The van der Waals surface area contributed by atoms with Crippen molar-refractivity contribution in [2.45, 2.75) is 25.9 Å². The summed E-state index contributed by atoms with van der Waals surface area (Å²) in [5, 5.41) is 2.85. The van der Waals surface area contributed by atoms with Crippen LogP contribution < -0.4 is 10.2 Å². The summed E-state index contributed by atoms with van der Waals surface area (Å²) in [5.74, 6) is -0.663. The van der Waals surface area contributed by atoms with Gasteiger partial charge in [0.05, 0.1) is 11.5 Å². The number of hydrogen-bond acceptors (Lipinski definition) is 3. The number of halogens is 3. The Morgan fingerprint density at radius 3 is 2.65 bits per heavy atom. The van der Waals surface area contributed by atoms with Crippen molar-refractivity contribution in [3.05, 3.63) is 53.7 Å². The third-order valence-electron chi connectivity index (χ3n) is 4.50. The number of carbonyl (C=O) groups is 1. The molecule has 1 aromatic carbocycles. The standard InChI is InChI=1S/C19H20F3N3O/c1-13-6-8-15(9-7-13)24-18(26)14-4-3-11-25(12-14)17-16(19(20,21)22)5-2-10-23-17/h2,5-10,14H,3-4,11-12H2,1H3,(H,24,26). The van der Waals surface area contributed by atoms with Gasteiger partial charge < -0.3 is 10.2 Å². The number of pyridine rings is 1. The van der Waals surface area contributed by atoms with Crippen LogP contribution in [-0.2, 0) is 11.0 Å². The average molecular weight is 363 g/mol. The molecule has 138 valence electrons. The molecule has 1 atom stereocenters. The number of amides is 1. The minimum Gasteiger partial charge on any atom is -0.355 e. The van der Waals surface area contributed by atoms with Crippen molar-refractivity contribution in [2.75, 3.05) is 23.3 Å². The molecule has 4 nitrogen and oxygen atoms in total. The molecule has 26 heavy (non-hydrogen) atoms. The summed E-state index contributed by atoms with van der Waals surface area (Å²) in [6.45, 7) is 2.63. The molecule has 0 bridgehead atoms. The van der Waals surface area contributed by atoms with E-state index in [1.165, 1.54) is 12.3 Å². The Balaban J connectivity index is 1.73. The van der Waals surface area contributed by atoms with Crippen molar-refractivity contribution >= 4 is 17.4 Å². The largest absolute Gasteiger partial charge is 0.419 e. The zero-order valence-corrected chi connectivity index (χ0v) is 14.4. The molecular formula is C19H20F3N3O. The summed E-state index contributed by atoms with van der Waals surface area (Å²) in [6, 6.07) is 9.72. The number of nitrogens with zero attached hydrogens (tertiary/aromatic N) is 2. The SMILES string of the molecule is Cc1ccc(NC(=O)C2CCCN(c3ncccc3C(F)(F)F)C2)cc1. The summed E-state index contributed by atoms with van der Waals surface area (Å²) in [6.07, 6.45) is -1.84. The fourth-order valence-corrected chi connectivity index (χ4v) is 3.13. The number of piperidine rings is 1. The van der Waals surface area contributed by atoms with Crippen LogP contribution in [0.15, 0.2) is 42.6 Å². The summed E-state index contributed by atoms with van der Waals surface area (Å²) < 4.78 is 39.7. The number of benzene rings is 1. The number of rotatable bonds is 3. The number of hydrogen-bond donors (Lipinski definition) is 1. The van der Waals surface area contributed by atoms with Gasteiger partial charge in [0.15, 0.2) is 0 Å². The Hall–Kier alpha value is -2.57. The van der Waals surface area contributed by atoms with Gasteiger partial charge in [0, 0.05) is 25.0 Å². The maximum Gasteiger partial charge on any atom is 0.419 e. The van der Waals surface area contributed by atoms with Crippen LogP contribution in [0.2, 0.25) is 0 Å². The van der Waals surface area contributed by atoms with Crippen molar-refractivity contribution in [1.29, 1.82) is 0 Å². The van der Waals surface area contributed by atoms with Crippen LogP contribution in [-0.4, -0.2) is 24.0 Å². The lowest BCUT2D eigenvalue weighted by Crippen LogP contribution is -2.42. The summed E-state index contributed by atoms with van der Waals surface area (Å²) in [5.41, 5.74) is 1.01. The van der Waals surface area contributed by atoms with E-state index in [4.69, 9.17) is 0 Å². The van der Waals surface area contributed by atoms with E-state index in [0.717, 1.165) is 11.6 Å². The van der Waals surface area contributed by atoms with Crippen LogP contribution >= 0.6 is 0 Å². The second kappa shape index (κ2) is 7.35. The van der Waals surface area contributed by atoms with E-state index in [0.29, 0.717) is 25.1 Å². The van der Waals surface area contributed by atoms with Crippen LogP contribution in [0.5, 0.6) is 0 Å². The first-order valence-electron chi connectivity index (χ1n) is 8.49. The molecule has 1 saturated heterocycles. The van der Waals surface area contributed by atoms with Gasteiger partial charge >= 0.3 is 6.18 Å². The van der Waals surface area contributed by atoms with Gasteiger partial charge in [-0.2, -0.15) is 13.2 Å². The van der Waals surface area contributed by atoms with Gasteiger partial charge in [-0.15, -0.1) is 0 Å². The van der Waals surface area contributed by atoms with E-state index in [1.54, 1.807) is 4.90 Å². The number of alkyl halides is 3. The first kappa shape index (κ1) is 18.2. The molecular weight excluding hydrogens is 343 g/mol. The molecule has 3 rings (SSSR count). The van der Waals surface area contributed by atoms with Crippen LogP contribution in [0.3, 0.4) is 0 Å². The topological polar surface area (TPSA) is 45.2 Å². The molecule has 0 radical (unpaired) electrons. The minimum atomic E-state index is -4.47. The first-order valence-corrected chi connectivity index (χ1v) is 8.49. The summed E-state index contributed by atoms with van der Waals surface area (Å²) >= 11 is 0. The van der Waals surface area contributed by atoms with Crippen molar-refractivity contribution in [3.63, 3.8) is 0 Å². The maximum absolute atomic E-state index is 13.2. The molecule has 1 aliphatic heterocycles. The molecule has 1 aromatic heterocycles. The predicted octanol–water partition coefficient (Wildman–Crippen LogP) is 4.26. The lowest BCUT2D eigenvalue weighted by Gasteiger charge is -2.34. The van der Waals surface area contributed by atoms with E-state index < -0.39 is 11.7 Å². The lowest BCUT2D eigenvalue weighted by molar-refractivity contribution is -0.137. The third kappa shape index (κ3) is 4.15. The molecule has 1 unspecified atom stereocenters. The minimum absolute atomic E-state index is 0.104. The van der Waals surface area contributed by atoms with Crippen LogP contribution in [0, 0.1) is 12.8 Å². The molecule has 1 N–H and O–H groups in total. The van der Waals surface area contributed by atoms with E-state index in [-0.39, 0.29) is 24.2 Å². The highest BCUT2D eigenvalue weighted by molar-refractivity contribution is 5.93. The van der Waals surface area contributed by atoms with Crippen LogP contribution in [0.1, 0.15) is 24.0 Å². The average Bonchev–Trinajstić information content (AvgIpc) is 2.63. The Morgan fingerprint density at radius 1 is 1.23 bits per heavy atom. The molecule has 2 heterocycles. The second-order valence-corrected chi connectivity index (χ2v) is 6.51. The first-order chi connectivity index (χ1) is 12.3. The van der Waals surface area contributed by atoms with Crippen molar-refractivity contribution in [3.8, 4) is 0 Å². The van der Waals surface area contributed by atoms with E-state index in [9.17, 15) is 18.0 Å². The highest BCUT2D eigenvalue weighted by atomic mass is 19.4. The van der Waals surface area contributed by atoms with E-state index >= 15 is 0 Å². The number of aryl methyl sites for hydroxylation is 1. The van der Waals surface area contributed by atoms with E-state index in [2.05, 4.69) is 10.3 Å². The maximum atomic E-state index is 13.2. The van der Waals surface area contributed by atoms with Crippen LogP contribution in [0.4, 0.5) is 24.7 Å². The van der Waals surface area contributed by atoms with Crippen molar-refractivity contribution in [1.82, 2.24) is 4.98 Å². The molecule has 1 aliphatic rings. The Morgan fingerprint density at radius 2 is 1.96 bits per heavy atom. The Bertz CT molecular complexity index is 774. The van der Waals surface area contributed by atoms with Gasteiger partial charge in [-0.25, -0.2) is 4.98 Å². The monoisotopic (exact) mass is 363 g/mol.